The van der Waals surface area contributed by atoms with Gasteiger partial charge in [0.05, 0.1) is 6.61 Å². The summed E-state index contributed by atoms with van der Waals surface area (Å²) < 4.78 is 9.65. The van der Waals surface area contributed by atoms with Gasteiger partial charge in [0, 0.05) is 17.8 Å². The van der Waals surface area contributed by atoms with E-state index in [0.717, 1.165) is 5.56 Å². The van der Waals surface area contributed by atoms with Crippen LogP contribution >= 0.6 is 0 Å². The number of amides is 2. The number of hydrogen-bond donors (Lipinski definition) is 2. The number of ether oxygens (including phenoxy) is 2. The minimum absolute atomic E-state index is 0.179. The van der Waals surface area contributed by atoms with Crippen LogP contribution in [-0.2, 0) is 16.1 Å². The highest BCUT2D eigenvalue weighted by molar-refractivity contribution is 6.04. The van der Waals surface area contributed by atoms with E-state index in [4.69, 9.17) is 9.47 Å². The van der Waals surface area contributed by atoms with Crippen molar-refractivity contribution in [2.24, 2.45) is 0 Å². The molecule has 28 heavy (non-hydrogen) atoms. The fourth-order valence-electron chi connectivity index (χ4n) is 2.28. The van der Waals surface area contributed by atoms with E-state index in [-0.39, 0.29) is 24.2 Å². The third kappa shape index (κ3) is 6.60. The van der Waals surface area contributed by atoms with Crippen molar-refractivity contribution in [3.63, 3.8) is 0 Å². The number of hydrogen-bond acceptors (Lipinski definition) is 5. The normalized spacial score (nSPS) is 10.4. The largest absolute Gasteiger partial charge is 0.513 e. The molecule has 0 bridgehead atoms. The van der Waals surface area contributed by atoms with E-state index in [2.05, 4.69) is 10.6 Å². The Kier molecular flexibility index (Phi) is 7.77. The van der Waals surface area contributed by atoms with Crippen LogP contribution in [0.15, 0.2) is 60.7 Å². The summed E-state index contributed by atoms with van der Waals surface area (Å²) in [6.45, 7) is 4.02. The van der Waals surface area contributed by atoms with Crippen molar-refractivity contribution < 1.29 is 23.9 Å². The average molecular weight is 382 g/mol. The third-order valence-corrected chi connectivity index (χ3v) is 3.55. The van der Waals surface area contributed by atoms with Crippen molar-refractivity contribution in [1.82, 2.24) is 5.32 Å². The van der Waals surface area contributed by atoms with Gasteiger partial charge < -0.3 is 20.1 Å². The highest BCUT2D eigenvalue weighted by Gasteiger charge is 2.09. The third-order valence-electron chi connectivity index (χ3n) is 3.55. The molecule has 0 aliphatic heterocycles. The Hall–Kier alpha value is -3.61. The van der Waals surface area contributed by atoms with Gasteiger partial charge >= 0.3 is 6.16 Å². The molecule has 7 nitrogen and oxygen atoms in total. The van der Waals surface area contributed by atoms with Crippen LogP contribution in [0.25, 0.3) is 0 Å². The highest BCUT2D eigenvalue weighted by Crippen LogP contribution is 2.16. The zero-order valence-corrected chi connectivity index (χ0v) is 15.7. The van der Waals surface area contributed by atoms with E-state index in [1.54, 1.807) is 50.3 Å². The molecule has 2 rings (SSSR count). The summed E-state index contributed by atoms with van der Waals surface area (Å²) in [6, 6.07) is 13.3. The Morgan fingerprint density at radius 1 is 1.07 bits per heavy atom. The zero-order valence-electron chi connectivity index (χ0n) is 15.7. The van der Waals surface area contributed by atoms with Crippen molar-refractivity contribution in [3.05, 3.63) is 71.8 Å². The lowest BCUT2D eigenvalue weighted by Gasteiger charge is -2.09. The number of carbonyl (C=O) groups excluding carboxylic acids is 3. The van der Waals surface area contributed by atoms with Crippen LogP contribution in [0.3, 0.4) is 0 Å². The number of nitrogens with one attached hydrogen (secondary N) is 2. The average Bonchev–Trinajstić information content (AvgIpc) is 2.67. The van der Waals surface area contributed by atoms with Crippen LogP contribution in [0.4, 0.5) is 10.5 Å². The molecule has 7 heteroatoms. The summed E-state index contributed by atoms with van der Waals surface area (Å²) in [4.78, 5) is 35.2. The van der Waals surface area contributed by atoms with Gasteiger partial charge in [0.15, 0.2) is 0 Å². The van der Waals surface area contributed by atoms with Crippen molar-refractivity contribution in [3.8, 4) is 5.75 Å². The Balaban J connectivity index is 1.96. The van der Waals surface area contributed by atoms with E-state index in [0.29, 0.717) is 17.8 Å². The topological polar surface area (TPSA) is 93.7 Å². The van der Waals surface area contributed by atoms with E-state index in [1.807, 2.05) is 6.07 Å². The minimum Gasteiger partial charge on any atom is -0.434 e. The van der Waals surface area contributed by atoms with Crippen LogP contribution in [0, 0.1) is 0 Å². The number of rotatable bonds is 7. The second-order valence-electron chi connectivity index (χ2n) is 5.68. The smallest absolute Gasteiger partial charge is 0.434 e. The predicted octanol–water partition coefficient (Wildman–Crippen LogP) is 3.67. The second-order valence-corrected chi connectivity index (χ2v) is 5.68. The summed E-state index contributed by atoms with van der Waals surface area (Å²) in [5.41, 5.74) is 1.87. The van der Waals surface area contributed by atoms with Gasteiger partial charge in [-0.15, -0.1) is 0 Å². The Morgan fingerprint density at radius 3 is 2.50 bits per heavy atom. The van der Waals surface area contributed by atoms with Gasteiger partial charge in [0.2, 0.25) is 5.91 Å². The van der Waals surface area contributed by atoms with Crippen molar-refractivity contribution in [2.45, 2.75) is 20.4 Å². The van der Waals surface area contributed by atoms with Crippen molar-refractivity contribution in [2.75, 3.05) is 11.9 Å². The first kappa shape index (κ1) is 20.7. The number of carbonyl (C=O) groups is 3. The fraction of sp³-hybridized carbons (Fsp3) is 0.190. The Morgan fingerprint density at radius 2 is 1.82 bits per heavy atom. The molecule has 0 aliphatic rings. The first-order valence-electron chi connectivity index (χ1n) is 8.77. The monoisotopic (exact) mass is 382 g/mol. The lowest BCUT2D eigenvalue weighted by molar-refractivity contribution is -0.116. The molecule has 0 atom stereocenters. The summed E-state index contributed by atoms with van der Waals surface area (Å²) in [5.74, 6) is -0.200. The number of allylic oxidation sites excluding steroid dienone is 1. The molecule has 146 valence electrons. The summed E-state index contributed by atoms with van der Waals surface area (Å²) in [6.07, 6.45) is 2.31. The standard InChI is InChI=1S/C21H22N2O5/c1-3-6-19(24)22-14-15-7-5-8-17(13-15)23-20(25)16-9-11-18(12-10-16)28-21(26)27-4-2/h3,5-13H,4,14H2,1-2H3,(H,22,24)(H,23,25)/b6-3+. The Bertz CT molecular complexity index is 859. The van der Waals surface area contributed by atoms with Gasteiger partial charge in [-0.25, -0.2) is 4.79 Å². The zero-order chi connectivity index (χ0) is 20.4. The van der Waals surface area contributed by atoms with Gasteiger partial charge in [-0.2, -0.15) is 0 Å². The lowest BCUT2D eigenvalue weighted by Crippen LogP contribution is -2.20. The first-order valence-corrected chi connectivity index (χ1v) is 8.77. The Labute approximate surface area is 163 Å². The van der Waals surface area contributed by atoms with Gasteiger partial charge in [0.25, 0.3) is 5.91 Å². The molecular weight excluding hydrogens is 360 g/mol. The molecule has 2 amide bonds. The molecule has 0 unspecified atom stereocenters. The van der Waals surface area contributed by atoms with Gasteiger partial charge in [-0.1, -0.05) is 18.2 Å². The maximum absolute atomic E-state index is 12.4. The molecule has 2 aromatic carbocycles. The SMILES string of the molecule is C/C=C/C(=O)NCc1cccc(NC(=O)c2ccc(OC(=O)OCC)cc2)c1. The minimum atomic E-state index is -0.793. The fourth-order valence-corrected chi connectivity index (χ4v) is 2.28. The quantitative estimate of drug-likeness (QED) is 0.433. The van der Waals surface area contributed by atoms with Crippen LogP contribution in [-0.4, -0.2) is 24.6 Å². The molecular formula is C21H22N2O5. The molecule has 2 N–H and O–H groups in total. The molecule has 0 spiro atoms. The molecule has 2 aromatic rings. The predicted molar refractivity (Wildman–Crippen MR) is 105 cm³/mol. The molecule has 0 fully saturated rings. The van der Waals surface area contributed by atoms with E-state index in [9.17, 15) is 14.4 Å². The molecule has 0 radical (unpaired) electrons. The lowest BCUT2D eigenvalue weighted by atomic mass is 10.1. The van der Waals surface area contributed by atoms with E-state index < -0.39 is 6.16 Å². The van der Waals surface area contributed by atoms with E-state index in [1.165, 1.54) is 18.2 Å². The van der Waals surface area contributed by atoms with Crippen LogP contribution in [0.2, 0.25) is 0 Å². The van der Waals surface area contributed by atoms with E-state index >= 15 is 0 Å². The summed E-state index contributed by atoms with van der Waals surface area (Å²) >= 11 is 0. The summed E-state index contributed by atoms with van der Waals surface area (Å²) in [7, 11) is 0. The van der Waals surface area contributed by atoms with Crippen LogP contribution < -0.4 is 15.4 Å². The number of benzene rings is 2. The van der Waals surface area contributed by atoms with Crippen LogP contribution in [0.5, 0.6) is 5.75 Å². The van der Waals surface area contributed by atoms with Crippen molar-refractivity contribution in [1.29, 1.82) is 0 Å². The van der Waals surface area contributed by atoms with Crippen LogP contribution in [0.1, 0.15) is 29.8 Å². The molecule has 0 aliphatic carbocycles. The molecule has 0 saturated heterocycles. The maximum Gasteiger partial charge on any atom is 0.513 e. The first-order chi connectivity index (χ1) is 13.5. The van der Waals surface area contributed by atoms with Gasteiger partial charge in [-0.3, -0.25) is 9.59 Å². The number of anilines is 1. The van der Waals surface area contributed by atoms with Crippen molar-refractivity contribution >= 4 is 23.7 Å². The second kappa shape index (κ2) is 10.5. The van der Waals surface area contributed by atoms with Gasteiger partial charge in [-0.05, 0) is 61.9 Å². The molecule has 0 saturated carbocycles. The molecule has 0 heterocycles. The molecule has 0 aromatic heterocycles. The van der Waals surface area contributed by atoms with Gasteiger partial charge in [0.1, 0.15) is 5.75 Å². The summed E-state index contributed by atoms with van der Waals surface area (Å²) in [5, 5.41) is 5.55. The maximum atomic E-state index is 12.4. The highest BCUT2D eigenvalue weighted by atomic mass is 16.7.